The minimum absolute atomic E-state index is 0.386. The second-order valence-electron chi connectivity index (χ2n) is 4.67. The molecule has 0 bridgehead atoms. The van der Waals surface area contributed by atoms with Crippen LogP contribution in [0.15, 0.2) is 38.6 Å². The number of halogens is 2. The number of hydrogen-bond donors (Lipinski definition) is 1. The summed E-state index contributed by atoms with van der Waals surface area (Å²) < 4.78 is 7.81. The monoisotopic (exact) mass is 431 g/mol. The van der Waals surface area contributed by atoms with E-state index in [1.165, 1.54) is 4.88 Å². The molecule has 0 radical (unpaired) electrons. The van der Waals surface area contributed by atoms with E-state index in [9.17, 15) is 0 Å². The summed E-state index contributed by atoms with van der Waals surface area (Å²) in [5.74, 6) is 0.925. The van der Waals surface area contributed by atoms with E-state index < -0.39 is 0 Å². The molecule has 2 rings (SSSR count). The fourth-order valence-corrected chi connectivity index (χ4v) is 4.53. The van der Waals surface area contributed by atoms with E-state index >= 15 is 0 Å². The molecular formula is C16H19Br2NOS. The normalized spacial score (nSPS) is 12.4. The van der Waals surface area contributed by atoms with Crippen LogP contribution in [-0.2, 0) is 6.54 Å². The Hall–Kier alpha value is -0.360. The Morgan fingerprint density at radius 1 is 1.29 bits per heavy atom. The molecule has 114 valence electrons. The molecule has 1 heterocycles. The predicted molar refractivity (Wildman–Crippen MR) is 97.2 cm³/mol. The number of rotatable bonds is 7. The number of thiophene rings is 1. The summed E-state index contributed by atoms with van der Waals surface area (Å²) in [4.78, 5) is 1.38. The fourth-order valence-electron chi connectivity index (χ4n) is 2.22. The average molecular weight is 433 g/mol. The Morgan fingerprint density at radius 3 is 2.71 bits per heavy atom. The lowest BCUT2D eigenvalue weighted by Crippen LogP contribution is -2.20. The van der Waals surface area contributed by atoms with Gasteiger partial charge in [0.1, 0.15) is 5.75 Å². The van der Waals surface area contributed by atoms with Crippen molar-refractivity contribution in [3.05, 3.63) is 49.0 Å². The standard InChI is InChI=1S/C16H19Br2NOS/c1-3-14(15-6-5-7-21-15)19-10-11-8-12(17)9-13(18)16(11)20-4-2/h5-9,14,19H,3-4,10H2,1-2H3. The maximum absolute atomic E-state index is 5.77. The van der Waals surface area contributed by atoms with Gasteiger partial charge in [0.15, 0.2) is 0 Å². The Labute approximate surface area is 147 Å². The van der Waals surface area contributed by atoms with Gasteiger partial charge in [-0.05, 0) is 52.9 Å². The first-order valence-electron chi connectivity index (χ1n) is 7.03. The molecule has 0 aliphatic carbocycles. The van der Waals surface area contributed by atoms with E-state index in [2.05, 4.69) is 67.7 Å². The zero-order chi connectivity index (χ0) is 15.2. The van der Waals surface area contributed by atoms with E-state index in [0.29, 0.717) is 12.6 Å². The lowest BCUT2D eigenvalue weighted by Gasteiger charge is -2.18. The molecule has 0 saturated heterocycles. The zero-order valence-corrected chi connectivity index (χ0v) is 16.1. The molecule has 0 amide bonds. The summed E-state index contributed by atoms with van der Waals surface area (Å²) in [5.41, 5.74) is 1.16. The first kappa shape index (κ1) is 17.0. The molecule has 1 aromatic heterocycles. The Balaban J connectivity index is 2.15. The summed E-state index contributed by atoms with van der Waals surface area (Å²) in [5, 5.41) is 5.76. The van der Waals surface area contributed by atoms with Crippen LogP contribution in [0.4, 0.5) is 0 Å². The smallest absolute Gasteiger partial charge is 0.138 e. The Bertz CT molecular complexity index is 572. The molecule has 0 aliphatic rings. The van der Waals surface area contributed by atoms with Gasteiger partial charge in [0, 0.05) is 27.5 Å². The van der Waals surface area contributed by atoms with Gasteiger partial charge in [-0.25, -0.2) is 0 Å². The summed E-state index contributed by atoms with van der Waals surface area (Å²) in [7, 11) is 0. The van der Waals surface area contributed by atoms with Crippen LogP contribution in [0.1, 0.15) is 36.8 Å². The SMILES string of the molecule is CCOc1c(Br)cc(Br)cc1CNC(CC)c1cccs1. The molecule has 21 heavy (non-hydrogen) atoms. The van der Waals surface area contributed by atoms with Crippen molar-refractivity contribution < 1.29 is 4.74 Å². The molecule has 1 atom stereocenters. The van der Waals surface area contributed by atoms with Gasteiger partial charge in [0.25, 0.3) is 0 Å². The lowest BCUT2D eigenvalue weighted by molar-refractivity contribution is 0.332. The third-order valence-electron chi connectivity index (χ3n) is 3.21. The molecular weight excluding hydrogens is 414 g/mol. The molecule has 1 N–H and O–H groups in total. The minimum atomic E-state index is 0.386. The third kappa shape index (κ3) is 4.55. The maximum Gasteiger partial charge on any atom is 0.138 e. The highest BCUT2D eigenvalue weighted by molar-refractivity contribution is 9.11. The van der Waals surface area contributed by atoms with Gasteiger partial charge in [0.2, 0.25) is 0 Å². The van der Waals surface area contributed by atoms with Crippen LogP contribution in [-0.4, -0.2) is 6.61 Å². The van der Waals surface area contributed by atoms with E-state index in [1.54, 1.807) is 11.3 Å². The lowest BCUT2D eigenvalue weighted by atomic mass is 10.1. The van der Waals surface area contributed by atoms with Gasteiger partial charge in [-0.15, -0.1) is 11.3 Å². The van der Waals surface area contributed by atoms with Crippen LogP contribution in [0.25, 0.3) is 0 Å². The van der Waals surface area contributed by atoms with Crippen LogP contribution in [0.3, 0.4) is 0 Å². The summed E-state index contributed by atoms with van der Waals surface area (Å²) >= 11 is 8.93. The highest BCUT2D eigenvalue weighted by atomic mass is 79.9. The number of benzene rings is 1. The van der Waals surface area contributed by atoms with E-state index in [0.717, 1.165) is 33.2 Å². The van der Waals surface area contributed by atoms with Gasteiger partial charge >= 0.3 is 0 Å². The van der Waals surface area contributed by atoms with E-state index in [1.807, 2.05) is 13.0 Å². The zero-order valence-electron chi connectivity index (χ0n) is 12.2. The molecule has 5 heteroatoms. The number of nitrogens with one attached hydrogen (secondary N) is 1. The Morgan fingerprint density at radius 2 is 2.10 bits per heavy atom. The summed E-state index contributed by atoms with van der Waals surface area (Å²) in [6, 6.07) is 8.81. The highest BCUT2D eigenvalue weighted by Gasteiger charge is 2.14. The van der Waals surface area contributed by atoms with Crippen LogP contribution in [0.5, 0.6) is 5.75 Å². The number of ether oxygens (including phenoxy) is 1. The van der Waals surface area contributed by atoms with Crippen LogP contribution < -0.4 is 10.1 Å². The Kier molecular flexibility index (Phi) is 6.74. The van der Waals surface area contributed by atoms with Crippen LogP contribution in [0, 0.1) is 0 Å². The van der Waals surface area contributed by atoms with Gasteiger partial charge < -0.3 is 10.1 Å². The number of hydrogen-bond acceptors (Lipinski definition) is 3. The van der Waals surface area contributed by atoms with E-state index in [-0.39, 0.29) is 0 Å². The molecule has 0 saturated carbocycles. The van der Waals surface area contributed by atoms with Crippen molar-refractivity contribution in [3.63, 3.8) is 0 Å². The van der Waals surface area contributed by atoms with Crippen molar-refractivity contribution in [2.75, 3.05) is 6.61 Å². The first-order valence-corrected chi connectivity index (χ1v) is 9.49. The average Bonchev–Trinajstić information content (AvgIpc) is 2.97. The second kappa shape index (κ2) is 8.32. The largest absolute Gasteiger partial charge is 0.492 e. The molecule has 0 spiro atoms. The predicted octanol–water partition coefficient (Wildman–Crippen LogP) is 5.91. The summed E-state index contributed by atoms with van der Waals surface area (Å²) in [6.07, 6.45) is 1.07. The molecule has 2 aromatic rings. The minimum Gasteiger partial charge on any atom is -0.492 e. The fraction of sp³-hybridized carbons (Fsp3) is 0.375. The van der Waals surface area contributed by atoms with E-state index in [4.69, 9.17) is 4.74 Å². The van der Waals surface area contributed by atoms with Crippen molar-refractivity contribution in [2.45, 2.75) is 32.9 Å². The second-order valence-corrected chi connectivity index (χ2v) is 7.42. The van der Waals surface area contributed by atoms with Crippen LogP contribution >= 0.6 is 43.2 Å². The quantitative estimate of drug-likeness (QED) is 0.586. The van der Waals surface area contributed by atoms with Crippen molar-refractivity contribution in [3.8, 4) is 5.75 Å². The highest BCUT2D eigenvalue weighted by Crippen LogP contribution is 2.33. The first-order chi connectivity index (χ1) is 10.2. The topological polar surface area (TPSA) is 21.3 Å². The van der Waals surface area contributed by atoms with Crippen molar-refractivity contribution in [1.29, 1.82) is 0 Å². The summed E-state index contributed by atoms with van der Waals surface area (Å²) in [6.45, 7) is 5.66. The van der Waals surface area contributed by atoms with Crippen molar-refractivity contribution in [1.82, 2.24) is 5.32 Å². The molecule has 0 aliphatic heterocycles. The maximum atomic E-state index is 5.77. The van der Waals surface area contributed by atoms with Gasteiger partial charge in [0.05, 0.1) is 11.1 Å². The molecule has 1 unspecified atom stereocenters. The third-order valence-corrected chi connectivity index (χ3v) is 5.24. The van der Waals surface area contributed by atoms with Crippen LogP contribution in [0.2, 0.25) is 0 Å². The molecule has 2 nitrogen and oxygen atoms in total. The van der Waals surface area contributed by atoms with Crippen molar-refractivity contribution in [2.24, 2.45) is 0 Å². The molecule has 1 aromatic carbocycles. The van der Waals surface area contributed by atoms with Gasteiger partial charge in [-0.1, -0.05) is 28.9 Å². The van der Waals surface area contributed by atoms with Gasteiger partial charge in [-0.3, -0.25) is 0 Å². The van der Waals surface area contributed by atoms with Crippen molar-refractivity contribution >= 4 is 43.2 Å². The molecule has 0 fully saturated rings. The van der Waals surface area contributed by atoms with Gasteiger partial charge in [-0.2, -0.15) is 0 Å².